The summed E-state index contributed by atoms with van der Waals surface area (Å²) in [6.07, 6.45) is 2.24. The van der Waals surface area contributed by atoms with E-state index in [1.54, 1.807) is 14.1 Å². The summed E-state index contributed by atoms with van der Waals surface area (Å²) in [7, 11) is 3.33. The van der Waals surface area contributed by atoms with E-state index in [2.05, 4.69) is 13.8 Å². The zero-order valence-electron chi connectivity index (χ0n) is 15.7. The first kappa shape index (κ1) is 17.5. The van der Waals surface area contributed by atoms with Gasteiger partial charge in [0.1, 0.15) is 0 Å². The van der Waals surface area contributed by atoms with Gasteiger partial charge in [-0.1, -0.05) is 13.8 Å². The van der Waals surface area contributed by atoms with Gasteiger partial charge in [0.15, 0.2) is 11.9 Å². The van der Waals surface area contributed by atoms with Gasteiger partial charge in [0, 0.05) is 32.4 Å². The molecular weight excluding hydrogens is 326 g/mol. The third-order valence-electron chi connectivity index (χ3n) is 6.68. The first-order valence-electron chi connectivity index (χ1n) is 9.35. The van der Waals surface area contributed by atoms with E-state index in [1.807, 2.05) is 6.92 Å². The molecule has 4 saturated heterocycles. The SMILES string of the molecule is C[C@H]1C(OC(=O)N(C)C)O[C@@H]2O[C@]3(C)CC[C@H]4[C@H](C)CCC1C24OO3. The zero-order valence-corrected chi connectivity index (χ0v) is 15.7. The number of amides is 1. The quantitative estimate of drug-likeness (QED) is 0.674. The maximum atomic E-state index is 12.1. The van der Waals surface area contributed by atoms with Crippen LogP contribution in [0.15, 0.2) is 0 Å². The molecule has 1 spiro atoms. The van der Waals surface area contributed by atoms with Gasteiger partial charge in [0.2, 0.25) is 12.1 Å². The molecule has 1 amide bonds. The molecule has 142 valence electrons. The molecule has 25 heavy (non-hydrogen) atoms. The summed E-state index contributed by atoms with van der Waals surface area (Å²) >= 11 is 0. The normalized spacial score (nSPS) is 51.4. The fraction of sp³-hybridized carbons (Fsp3) is 0.944. The van der Waals surface area contributed by atoms with Crippen LogP contribution in [0, 0.1) is 23.7 Å². The molecule has 0 aromatic carbocycles. The Bertz CT molecular complexity index is 556. The molecule has 4 aliphatic heterocycles. The fourth-order valence-electron chi connectivity index (χ4n) is 5.21. The second-order valence-electron chi connectivity index (χ2n) is 8.55. The van der Waals surface area contributed by atoms with Crippen LogP contribution < -0.4 is 0 Å². The first-order chi connectivity index (χ1) is 11.8. The fourth-order valence-corrected chi connectivity index (χ4v) is 5.21. The first-order valence-corrected chi connectivity index (χ1v) is 9.35. The van der Waals surface area contributed by atoms with Gasteiger partial charge in [-0.2, -0.15) is 0 Å². The zero-order chi connectivity index (χ0) is 18.0. The smallest absolute Gasteiger partial charge is 0.411 e. The Morgan fingerprint density at radius 2 is 1.88 bits per heavy atom. The van der Waals surface area contributed by atoms with Crippen LogP contribution in [0.3, 0.4) is 0 Å². The van der Waals surface area contributed by atoms with E-state index in [-0.39, 0.29) is 11.8 Å². The van der Waals surface area contributed by atoms with Crippen molar-refractivity contribution in [2.24, 2.45) is 23.7 Å². The number of nitrogens with zero attached hydrogens (tertiary/aromatic N) is 1. The van der Waals surface area contributed by atoms with Crippen molar-refractivity contribution in [1.82, 2.24) is 4.90 Å². The number of hydrogen-bond acceptors (Lipinski definition) is 6. The van der Waals surface area contributed by atoms with E-state index in [0.29, 0.717) is 11.8 Å². The van der Waals surface area contributed by atoms with E-state index < -0.39 is 30.1 Å². The van der Waals surface area contributed by atoms with Gasteiger partial charge >= 0.3 is 6.09 Å². The van der Waals surface area contributed by atoms with Gasteiger partial charge < -0.3 is 19.1 Å². The van der Waals surface area contributed by atoms with E-state index in [9.17, 15) is 4.79 Å². The van der Waals surface area contributed by atoms with Gasteiger partial charge in [0.25, 0.3) is 0 Å². The van der Waals surface area contributed by atoms with Crippen molar-refractivity contribution in [2.75, 3.05) is 14.1 Å². The Morgan fingerprint density at radius 3 is 2.60 bits per heavy atom. The molecule has 3 unspecified atom stereocenters. The minimum absolute atomic E-state index is 0.00445. The summed E-state index contributed by atoms with van der Waals surface area (Å²) in [5.74, 6) is 0.185. The Balaban J connectivity index is 1.68. The lowest BCUT2D eigenvalue weighted by Crippen LogP contribution is -2.70. The number of hydrogen-bond donors (Lipinski definition) is 0. The molecule has 0 N–H and O–H groups in total. The number of carbonyl (C=O) groups excluding carboxylic acids is 1. The van der Waals surface area contributed by atoms with Crippen LogP contribution in [0.2, 0.25) is 0 Å². The van der Waals surface area contributed by atoms with Crippen molar-refractivity contribution in [3.63, 3.8) is 0 Å². The maximum Gasteiger partial charge on any atom is 0.411 e. The Morgan fingerprint density at radius 1 is 1.12 bits per heavy atom. The van der Waals surface area contributed by atoms with Crippen LogP contribution in [0.1, 0.15) is 46.5 Å². The summed E-state index contributed by atoms with van der Waals surface area (Å²) in [4.78, 5) is 25.3. The van der Waals surface area contributed by atoms with E-state index in [0.717, 1.165) is 25.7 Å². The number of rotatable bonds is 1. The highest BCUT2D eigenvalue weighted by atomic mass is 17.3. The number of ether oxygens (including phenoxy) is 3. The van der Waals surface area contributed by atoms with Crippen molar-refractivity contribution in [2.45, 2.75) is 70.4 Å². The van der Waals surface area contributed by atoms with Crippen molar-refractivity contribution in [3.05, 3.63) is 0 Å². The van der Waals surface area contributed by atoms with Crippen molar-refractivity contribution < 1.29 is 28.8 Å². The summed E-state index contributed by atoms with van der Waals surface area (Å²) in [6, 6.07) is 0. The van der Waals surface area contributed by atoms with Crippen LogP contribution in [-0.4, -0.2) is 49.1 Å². The van der Waals surface area contributed by atoms with E-state index >= 15 is 0 Å². The van der Waals surface area contributed by atoms with E-state index in [4.69, 9.17) is 24.0 Å². The molecule has 5 aliphatic rings. The summed E-state index contributed by atoms with van der Waals surface area (Å²) in [5, 5.41) is 0. The maximum absolute atomic E-state index is 12.1. The van der Waals surface area contributed by atoms with Crippen molar-refractivity contribution in [3.8, 4) is 0 Å². The average molecular weight is 355 g/mol. The Labute approximate surface area is 148 Å². The van der Waals surface area contributed by atoms with Gasteiger partial charge in [-0.3, -0.25) is 0 Å². The topological polar surface area (TPSA) is 66.5 Å². The highest BCUT2D eigenvalue weighted by Gasteiger charge is 2.69. The molecule has 0 radical (unpaired) electrons. The Hall–Kier alpha value is -0.890. The molecule has 5 rings (SSSR count). The molecule has 8 atom stereocenters. The summed E-state index contributed by atoms with van der Waals surface area (Å²) < 4.78 is 18.0. The molecule has 0 aromatic rings. The lowest BCUT2D eigenvalue weighted by Gasteiger charge is -2.59. The molecule has 4 heterocycles. The van der Waals surface area contributed by atoms with Gasteiger partial charge in [-0.25, -0.2) is 14.6 Å². The second-order valence-corrected chi connectivity index (χ2v) is 8.55. The van der Waals surface area contributed by atoms with Crippen molar-refractivity contribution >= 4 is 6.09 Å². The lowest BCUT2D eigenvalue weighted by atomic mass is 9.58. The highest BCUT2D eigenvalue weighted by molar-refractivity contribution is 5.66. The molecular formula is C18H29NO6. The van der Waals surface area contributed by atoms with Crippen LogP contribution in [0.4, 0.5) is 4.79 Å². The summed E-state index contributed by atoms with van der Waals surface area (Å²) in [6.45, 7) is 6.23. The third kappa shape index (κ3) is 2.51. The van der Waals surface area contributed by atoms with Crippen LogP contribution in [-0.2, 0) is 24.0 Å². The molecule has 1 saturated carbocycles. The average Bonchev–Trinajstić information content (AvgIpc) is 2.78. The third-order valence-corrected chi connectivity index (χ3v) is 6.68. The highest BCUT2D eigenvalue weighted by Crippen LogP contribution is 2.60. The molecule has 2 bridgehead atoms. The number of fused-ring (bicyclic) bond motifs is 2. The predicted molar refractivity (Wildman–Crippen MR) is 87.0 cm³/mol. The largest absolute Gasteiger partial charge is 0.419 e. The minimum Gasteiger partial charge on any atom is -0.419 e. The van der Waals surface area contributed by atoms with Gasteiger partial charge in [-0.15, -0.1) is 0 Å². The predicted octanol–water partition coefficient (Wildman–Crippen LogP) is 2.89. The molecule has 0 aromatic heterocycles. The van der Waals surface area contributed by atoms with Gasteiger partial charge in [-0.05, 0) is 38.0 Å². The standard InChI is InChI=1S/C18H29NO6/c1-10-6-7-13-11(2)14(22-16(20)19(4)5)21-15-18(13)12(10)8-9-17(3,23-15)24-25-18/h10-15H,6-9H2,1-5H3/t10-,11-,12+,13?,14?,15-,17+,18?/m1/s1. The van der Waals surface area contributed by atoms with Crippen LogP contribution in [0.25, 0.3) is 0 Å². The lowest BCUT2D eigenvalue weighted by molar-refractivity contribution is -0.576. The monoisotopic (exact) mass is 355 g/mol. The molecule has 7 heteroatoms. The summed E-state index contributed by atoms with van der Waals surface area (Å²) in [5.41, 5.74) is -0.617. The molecule has 1 aliphatic carbocycles. The number of carbonyl (C=O) groups is 1. The molecule has 7 nitrogen and oxygen atoms in total. The Kier molecular flexibility index (Phi) is 4.07. The van der Waals surface area contributed by atoms with Gasteiger partial charge in [0.05, 0.1) is 0 Å². The van der Waals surface area contributed by atoms with Crippen molar-refractivity contribution in [1.29, 1.82) is 0 Å². The molecule has 5 fully saturated rings. The van der Waals surface area contributed by atoms with Crippen LogP contribution in [0.5, 0.6) is 0 Å². The second kappa shape index (κ2) is 5.81. The van der Waals surface area contributed by atoms with E-state index in [1.165, 1.54) is 4.90 Å². The van der Waals surface area contributed by atoms with Crippen LogP contribution >= 0.6 is 0 Å². The minimum atomic E-state index is -0.811.